The van der Waals surface area contributed by atoms with Crippen molar-refractivity contribution >= 4 is 19.4 Å². The SMILES string of the molecule is [2H]C([2H])(SCC)P(=O)(OCC)OCC. The van der Waals surface area contributed by atoms with Crippen molar-refractivity contribution in [3.8, 4) is 0 Å². The molecule has 0 aromatic heterocycles. The minimum Gasteiger partial charge on any atom is -0.308 e. The Labute approximate surface area is 81.6 Å². The molecule has 0 amide bonds. The van der Waals surface area contributed by atoms with E-state index in [1.807, 2.05) is 0 Å². The Morgan fingerprint density at radius 1 is 1.33 bits per heavy atom. The molecule has 0 saturated carbocycles. The number of rotatable bonds is 7. The maximum Gasteiger partial charge on any atom is 0.340 e. The fourth-order valence-corrected chi connectivity index (χ4v) is 2.90. The van der Waals surface area contributed by atoms with E-state index in [-0.39, 0.29) is 13.2 Å². The molecule has 0 aliphatic carbocycles. The van der Waals surface area contributed by atoms with Gasteiger partial charge < -0.3 is 9.05 Å². The van der Waals surface area contributed by atoms with Gasteiger partial charge in [-0.1, -0.05) is 6.92 Å². The van der Waals surface area contributed by atoms with Crippen LogP contribution in [0, 0.1) is 0 Å². The zero-order valence-corrected chi connectivity index (χ0v) is 9.41. The molecule has 0 rings (SSSR count). The first-order valence-electron chi connectivity index (χ1n) is 4.96. The first-order valence-corrected chi connectivity index (χ1v) is 6.49. The van der Waals surface area contributed by atoms with Gasteiger partial charge in [0, 0.05) is 0 Å². The van der Waals surface area contributed by atoms with Crippen molar-refractivity contribution in [2.45, 2.75) is 20.8 Å². The molecule has 0 heterocycles. The van der Waals surface area contributed by atoms with Crippen LogP contribution in [0.2, 0.25) is 0 Å². The van der Waals surface area contributed by atoms with Crippen LogP contribution in [-0.2, 0) is 13.6 Å². The summed E-state index contributed by atoms with van der Waals surface area (Å²) in [6, 6.07) is 0. The van der Waals surface area contributed by atoms with Crippen molar-refractivity contribution in [1.82, 2.24) is 0 Å². The molecule has 3 nitrogen and oxygen atoms in total. The van der Waals surface area contributed by atoms with E-state index in [2.05, 4.69) is 0 Å². The van der Waals surface area contributed by atoms with E-state index in [0.29, 0.717) is 5.75 Å². The van der Waals surface area contributed by atoms with Gasteiger partial charge in [0.05, 0.1) is 21.4 Å². The van der Waals surface area contributed by atoms with Gasteiger partial charge in [-0.15, -0.1) is 11.8 Å². The summed E-state index contributed by atoms with van der Waals surface area (Å²) in [5.74, 6) is 0.525. The Hall–Kier alpha value is 0.500. The van der Waals surface area contributed by atoms with Crippen molar-refractivity contribution in [1.29, 1.82) is 0 Å². The van der Waals surface area contributed by atoms with Crippen molar-refractivity contribution in [2.75, 3.05) is 24.4 Å². The lowest BCUT2D eigenvalue weighted by Crippen LogP contribution is -1.97. The molecule has 0 unspecified atom stereocenters. The normalized spacial score (nSPS) is 15.6. The third-order valence-electron chi connectivity index (χ3n) is 0.919. The van der Waals surface area contributed by atoms with E-state index in [1.54, 1.807) is 20.8 Å². The molecule has 5 heteroatoms. The van der Waals surface area contributed by atoms with Gasteiger partial charge in [-0.3, -0.25) is 4.57 Å². The fourth-order valence-electron chi connectivity index (χ4n) is 0.573. The van der Waals surface area contributed by atoms with Crippen LogP contribution in [-0.4, -0.2) is 24.4 Å². The van der Waals surface area contributed by atoms with Gasteiger partial charge in [0.25, 0.3) is 0 Å². The van der Waals surface area contributed by atoms with E-state index in [1.165, 1.54) is 0 Å². The minimum absolute atomic E-state index is 0.182. The summed E-state index contributed by atoms with van der Waals surface area (Å²) >= 11 is 0.941. The predicted molar refractivity (Wildman–Crippen MR) is 53.9 cm³/mol. The van der Waals surface area contributed by atoms with E-state index in [9.17, 15) is 4.57 Å². The molecule has 0 aromatic carbocycles. The first-order chi connectivity index (χ1) is 6.43. The summed E-state index contributed by atoms with van der Waals surface area (Å²) in [6.45, 7) is 5.49. The smallest absolute Gasteiger partial charge is 0.308 e. The van der Waals surface area contributed by atoms with Gasteiger partial charge in [-0.05, 0) is 19.6 Å². The monoisotopic (exact) mass is 214 g/mol. The molecule has 0 aliphatic rings. The molecule has 0 bridgehead atoms. The van der Waals surface area contributed by atoms with Crippen LogP contribution in [0.15, 0.2) is 0 Å². The van der Waals surface area contributed by atoms with Gasteiger partial charge in [-0.25, -0.2) is 0 Å². The minimum atomic E-state index is -3.64. The van der Waals surface area contributed by atoms with Gasteiger partial charge in [-0.2, -0.15) is 0 Å². The largest absolute Gasteiger partial charge is 0.340 e. The second-order valence-corrected chi connectivity index (χ2v) is 4.96. The molecule has 0 aliphatic heterocycles. The molecule has 0 saturated heterocycles. The highest BCUT2D eigenvalue weighted by Gasteiger charge is 2.22. The highest BCUT2D eigenvalue weighted by Crippen LogP contribution is 2.50. The Morgan fingerprint density at radius 3 is 2.17 bits per heavy atom. The predicted octanol–water partition coefficient (Wildman–Crippen LogP) is 2.96. The summed E-state index contributed by atoms with van der Waals surface area (Å²) in [4.78, 5) is 0. The average molecular weight is 214 g/mol. The number of thioether (sulfide) groups is 1. The molecule has 0 fully saturated rings. The maximum atomic E-state index is 12.0. The summed E-state index contributed by atoms with van der Waals surface area (Å²) in [5, 5.41) is 0. The molecule has 0 atom stereocenters. The molecular formula is C7H17O3PS. The van der Waals surface area contributed by atoms with Crippen LogP contribution in [0.1, 0.15) is 23.5 Å². The van der Waals surface area contributed by atoms with Gasteiger partial charge in [0.15, 0.2) is 0 Å². The van der Waals surface area contributed by atoms with Crippen LogP contribution in [0.5, 0.6) is 0 Å². The summed E-state index contributed by atoms with van der Waals surface area (Å²) in [5.41, 5.74) is -1.96. The zero-order valence-electron chi connectivity index (χ0n) is 9.70. The van der Waals surface area contributed by atoms with Crippen molar-refractivity contribution in [2.24, 2.45) is 0 Å². The molecule has 0 radical (unpaired) electrons. The van der Waals surface area contributed by atoms with Crippen LogP contribution in [0.4, 0.5) is 0 Å². The van der Waals surface area contributed by atoms with Crippen LogP contribution in [0.3, 0.4) is 0 Å². The Morgan fingerprint density at radius 2 is 1.83 bits per heavy atom. The quantitative estimate of drug-likeness (QED) is 0.610. The Balaban J connectivity index is 4.69. The van der Waals surface area contributed by atoms with E-state index in [4.69, 9.17) is 11.8 Å². The standard InChI is InChI=1S/C7H17O3PS/c1-4-9-11(8,10-5-2)7-12-6-3/h4-7H2,1-3H3/i7D2. The van der Waals surface area contributed by atoms with Crippen LogP contribution < -0.4 is 0 Å². The van der Waals surface area contributed by atoms with Gasteiger partial charge in [0.2, 0.25) is 0 Å². The second-order valence-electron chi connectivity index (χ2n) is 1.86. The average Bonchev–Trinajstić information content (AvgIpc) is 2.04. The lowest BCUT2D eigenvalue weighted by Gasteiger charge is -2.15. The van der Waals surface area contributed by atoms with Crippen molar-refractivity contribution in [3.63, 3.8) is 0 Å². The Kier molecular flexibility index (Phi) is 5.26. The van der Waals surface area contributed by atoms with Crippen LogP contribution in [0.25, 0.3) is 0 Å². The highest BCUT2D eigenvalue weighted by molar-refractivity contribution is 8.04. The fraction of sp³-hybridized carbons (Fsp3) is 1.00. The number of hydrogen-bond acceptors (Lipinski definition) is 4. The Bertz CT molecular complexity index is 203. The molecule has 74 valence electrons. The summed E-state index contributed by atoms with van der Waals surface area (Å²) < 4.78 is 37.0. The topological polar surface area (TPSA) is 35.5 Å². The van der Waals surface area contributed by atoms with Gasteiger partial charge in [0.1, 0.15) is 0 Å². The van der Waals surface area contributed by atoms with E-state index < -0.39 is 13.0 Å². The molecule has 12 heavy (non-hydrogen) atoms. The maximum absolute atomic E-state index is 12.0. The van der Waals surface area contributed by atoms with Crippen LogP contribution >= 0.6 is 19.4 Å². The highest BCUT2D eigenvalue weighted by atomic mass is 32.2. The zero-order chi connectivity index (χ0) is 11.2. The van der Waals surface area contributed by atoms with Crippen molar-refractivity contribution in [3.05, 3.63) is 0 Å². The van der Waals surface area contributed by atoms with Gasteiger partial charge >= 0.3 is 7.60 Å². The lowest BCUT2D eigenvalue weighted by molar-refractivity contribution is 0.224. The van der Waals surface area contributed by atoms with E-state index >= 15 is 0 Å². The summed E-state index contributed by atoms with van der Waals surface area (Å²) in [7, 11) is -3.64. The van der Waals surface area contributed by atoms with Crippen molar-refractivity contribution < 1.29 is 16.4 Å². The lowest BCUT2D eigenvalue weighted by atomic mass is 10.9. The van der Waals surface area contributed by atoms with E-state index in [0.717, 1.165) is 11.8 Å². The number of hydrogen-bond donors (Lipinski definition) is 0. The second kappa shape index (κ2) is 6.96. The molecule has 0 N–H and O–H groups in total. The third kappa shape index (κ3) is 5.20. The third-order valence-corrected chi connectivity index (χ3v) is 3.81. The molecule has 0 spiro atoms. The first kappa shape index (κ1) is 9.07. The molecule has 0 aromatic rings. The molecular weight excluding hydrogens is 195 g/mol. The summed E-state index contributed by atoms with van der Waals surface area (Å²) in [6.07, 6.45) is 0.